The second-order valence-corrected chi connectivity index (χ2v) is 3.60. The van der Waals surface area contributed by atoms with Gasteiger partial charge in [0, 0.05) is 5.92 Å². The number of nitrogens with zero attached hydrogens (tertiary/aromatic N) is 1. The highest BCUT2D eigenvalue weighted by Crippen LogP contribution is 2.48. The lowest BCUT2D eigenvalue weighted by Crippen LogP contribution is -1.95. The van der Waals surface area contributed by atoms with Gasteiger partial charge in [-0.2, -0.15) is 0 Å². The van der Waals surface area contributed by atoms with Crippen molar-refractivity contribution in [1.29, 1.82) is 0 Å². The van der Waals surface area contributed by atoms with Crippen LogP contribution in [-0.2, 0) is 0 Å². The van der Waals surface area contributed by atoms with Gasteiger partial charge in [0.15, 0.2) is 0 Å². The molecule has 0 heterocycles. The van der Waals surface area contributed by atoms with Gasteiger partial charge in [0.1, 0.15) is 0 Å². The molecule has 2 rings (SSSR count). The normalized spacial score (nSPS) is 27.3. The monoisotopic (exact) mass is 175 g/mol. The fraction of sp³-hybridized carbons (Fsp3) is 0.364. The third-order valence-corrected chi connectivity index (χ3v) is 2.71. The Morgan fingerprint density at radius 3 is 2.69 bits per heavy atom. The minimum absolute atomic E-state index is 0.465. The summed E-state index contributed by atoms with van der Waals surface area (Å²) in [7, 11) is 0. The van der Waals surface area contributed by atoms with E-state index in [1.165, 1.54) is 5.56 Å². The average molecular weight is 175 g/mol. The Hall–Kier alpha value is -1.31. The van der Waals surface area contributed by atoms with Crippen molar-refractivity contribution >= 4 is 5.71 Å². The maximum atomic E-state index is 8.60. The minimum Gasteiger partial charge on any atom is -0.411 e. The van der Waals surface area contributed by atoms with Crippen LogP contribution in [0.2, 0.25) is 0 Å². The van der Waals surface area contributed by atoms with Crippen molar-refractivity contribution in [3.8, 4) is 0 Å². The van der Waals surface area contributed by atoms with E-state index >= 15 is 0 Å². The molecule has 1 aliphatic rings. The molecule has 1 aromatic carbocycles. The molecule has 1 fully saturated rings. The Morgan fingerprint density at radius 2 is 2.08 bits per heavy atom. The second-order valence-electron chi connectivity index (χ2n) is 3.60. The van der Waals surface area contributed by atoms with Crippen LogP contribution < -0.4 is 0 Å². The first-order valence-electron chi connectivity index (χ1n) is 4.56. The van der Waals surface area contributed by atoms with Crippen LogP contribution in [-0.4, -0.2) is 10.9 Å². The summed E-state index contributed by atoms with van der Waals surface area (Å²) in [6.45, 7) is 1.88. The SMILES string of the molecule is C/C(=N\O)[C@@H]1C[C@@H]1c1ccccc1. The first-order chi connectivity index (χ1) is 6.33. The van der Waals surface area contributed by atoms with Crippen molar-refractivity contribution in [1.82, 2.24) is 0 Å². The van der Waals surface area contributed by atoms with Crippen LogP contribution in [0, 0.1) is 5.92 Å². The summed E-state index contributed by atoms with van der Waals surface area (Å²) in [4.78, 5) is 0. The molecule has 1 saturated carbocycles. The summed E-state index contributed by atoms with van der Waals surface area (Å²) in [5.74, 6) is 1.05. The number of rotatable bonds is 2. The summed E-state index contributed by atoms with van der Waals surface area (Å²) < 4.78 is 0. The van der Waals surface area contributed by atoms with Crippen LogP contribution >= 0.6 is 0 Å². The second kappa shape index (κ2) is 3.21. The van der Waals surface area contributed by atoms with Gasteiger partial charge >= 0.3 is 0 Å². The molecule has 68 valence electrons. The van der Waals surface area contributed by atoms with Crippen molar-refractivity contribution in [2.24, 2.45) is 11.1 Å². The average Bonchev–Trinajstić information content (AvgIpc) is 2.98. The van der Waals surface area contributed by atoms with Gasteiger partial charge in [-0.15, -0.1) is 0 Å². The fourth-order valence-electron chi connectivity index (χ4n) is 1.80. The third-order valence-electron chi connectivity index (χ3n) is 2.71. The van der Waals surface area contributed by atoms with E-state index < -0.39 is 0 Å². The summed E-state index contributed by atoms with van der Waals surface area (Å²) >= 11 is 0. The van der Waals surface area contributed by atoms with E-state index in [-0.39, 0.29) is 0 Å². The maximum Gasteiger partial charge on any atom is 0.0577 e. The van der Waals surface area contributed by atoms with E-state index in [0.29, 0.717) is 11.8 Å². The fourth-order valence-corrected chi connectivity index (χ4v) is 1.80. The van der Waals surface area contributed by atoms with E-state index in [2.05, 4.69) is 29.4 Å². The van der Waals surface area contributed by atoms with Crippen LogP contribution in [0.1, 0.15) is 24.8 Å². The van der Waals surface area contributed by atoms with Gasteiger partial charge in [0.05, 0.1) is 5.71 Å². The first kappa shape index (κ1) is 8.30. The van der Waals surface area contributed by atoms with Gasteiger partial charge in [-0.1, -0.05) is 35.5 Å². The van der Waals surface area contributed by atoms with Gasteiger partial charge in [-0.3, -0.25) is 0 Å². The van der Waals surface area contributed by atoms with E-state index in [9.17, 15) is 0 Å². The predicted molar refractivity (Wildman–Crippen MR) is 52.2 cm³/mol. The number of oxime groups is 1. The first-order valence-corrected chi connectivity index (χ1v) is 4.56. The van der Waals surface area contributed by atoms with Gasteiger partial charge < -0.3 is 5.21 Å². The molecule has 0 amide bonds. The Morgan fingerprint density at radius 1 is 1.38 bits per heavy atom. The molecule has 1 aliphatic carbocycles. The molecule has 0 radical (unpaired) electrons. The van der Waals surface area contributed by atoms with Crippen molar-refractivity contribution in [2.75, 3.05) is 0 Å². The zero-order valence-electron chi connectivity index (χ0n) is 7.64. The van der Waals surface area contributed by atoms with Crippen molar-refractivity contribution < 1.29 is 5.21 Å². The standard InChI is InChI=1S/C11H13NO/c1-8(12-13)10-7-11(10)9-5-3-2-4-6-9/h2-6,10-11,13H,7H2,1H3/b12-8+/t10-,11+/m0/s1. The quantitative estimate of drug-likeness (QED) is 0.418. The third kappa shape index (κ3) is 1.57. The Kier molecular flexibility index (Phi) is 2.05. The van der Waals surface area contributed by atoms with Crippen molar-refractivity contribution in [2.45, 2.75) is 19.3 Å². The summed E-state index contributed by atoms with van der Waals surface area (Å²) in [5.41, 5.74) is 2.21. The molecule has 2 heteroatoms. The number of hydrogen-bond acceptors (Lipinski definition) is 2. The summed E-state index contributed by atoms with van der Waals surface area (Å²) in [5, 5.41) is 11.8. The van der Waals surface area contributed by atoms with Crippen LogP contribution in [0.5, 0.6) is 0 Å². The molecule has 2 nitrogen and oxygen atoms in total. The molecule has 13 heavy (non-hydrogen) atoms. The highest BCUT2D eigenvalue weighted by atomic mass is 16.4. The molecular formula is C11H13NO. The topological polar surface area (TPSA) is 32.6 Å². The molecule has 0 aromatic heterocycles. The molecule has 1 aromatic rings. The minimum atomic E-state index is 0.465. The molecule has 1 N–H and O–H groups in total. The van der Waals surface area contributed by atoms with Gasteiger partial charge in [0.2, 0.25) is 0 Å². The lowest BCUT2D eigenvalue weighted by molar-refractivity contribution is 0.316. The molecule has 0 aliphatic heterocycles. The van der Waals surface area contributed by atoms with Crippen molar-refractivity contribution in [3.63, 3.8) is 0 Å². The van der Waals surface area contributed by atoms with Crippen LogP contribution in [0.15, 0.2) is 35.5 Å². The largest absolute Gasteiger partial charge is 0.411 e. The predicted octanol–water partition coefficient (Wildman–Crippen LogP) is 2.64. The molecule has 0 saturated heterocycles. The Bertz CT molecular complexity index is 318. The van der Waals surface area contributed by atoms with E-state index in [0.717, 1.165) is 12.1 Å². The van der Waals surface area contributed by atoms with E-state index in [1.807, 2.05) is 13.0 Å². The molecular weight excluding hydrogens is 162 g/mol. The summed E-state index contributed by atoms with van der Waals surface area (Å²) in [6.07, 6.45) is 1.12. The zero-order chi connectivity index (χ0) is 9.26. The maximum absolute atomic E-state index is 8.60. The van der Waals surface area contributed by atoms with Gasteiger partial charge in [0.25, 0.3) is 0 Å². The van der Waals surface area contributed by atoms with Crippen LogP contribution in [0.25, 0.3) is 0 Å². The van der Waals surface area contributed by atoms with Crippen LogP contribution in [0.3, 0.4) is 0 Å². The molecule has 0 unspecified atom stereocenters. The Labute approximate surface area is 77.9 Å². The summed E-state index contributed by atoms with van der Waals surface area (Å²) in [6, 6.07) is 10.4. The molecule has 2 atom stereocenters. The van der Waals surface area contributed by atoms with Gasteiger partial charge in [-0.05, 0) is 24.8 Å². The number of hydrogen-bond donors (Lipinski definition) is 1. The highest BCUT2D eigenvalue weighted by molar-refractivity contribution is 5.87. The highest BCUT2D eigenvalue weighted by Gasteiger charge is 2.40. The van der Waals surface area contributed by atoms with E-state index in [1.54, 1.807) is 0 Å². The molecule has 0 bridgehead atoms. The van der Waals surface area contributed by atoms with E-state index in [4.69, 9.17) is 5.21 Å². The lowest BCUT2D eigenvalue weighted by atomic mass is 10.1. The zero-order valence-corrected chi connectivity index (χ0v) is 7.64. The number of benzene rings is 1. The van der Waals surface area contributed by atoms with Gasteiger partial charge in [-0.25, -0.2) is 0 Å². The van der Waals surface area contributed by atoms with Crippen LogP contribution in [0.4, 0.5) is 0 Å². The smallest absolute Gasteiger partial charge is 0.0577 e. The van der Waals surface area contributed by atoms with Crippen molar-refractivity contribution in [3.05, 3.63) is 35.9 Å². The lowest BCUT2D eigenvalue weighted by Gasteiger charge is -1.97. The molecule has 0 spiro atoms. The Balaban J connectivity index is 2.09.